The third kappa shape index (κ3) is 3.54. The summed E-state index contributed by atoms with van der Waals surface area (Å²) in [6, 6.07) is 0. The molecule has 0 saturated heterocycles. The minimum absolute atomic E-state index is 0.934. The number of hydrogen-bond acceptors (Lipinski definition) is 4. The van der Waals surface area contributed by atoms with Crippen molar-refractivity contribution < 1.29 is 27.5 Å². The number of halogens is 3. The molecule has 0 bridgehead atoms. The van der Waals surface area contributed by atoms with Gasteiger partial charge in [0.2, 0.25) is 0 Å². The number of carbonyl (C=O) groups excluding carboxylic acids is 1. The Balaban J connectivity index is 4.09. The number of nitrogens with two attached hydrogens (primary N) is 1. The molecular weight excluding hydrogens is 179 g/mol. The summed E-state index contributed by atoms with van der Waals surface area (Å²) in [5.41, 5.74) is 0. The molecule has 0 aliphatic carbocycles. The van der Waals surface area contributed by atoms with E-state index >= 15 is 0 Å². The maximum absolute atomic E-state index is 11.8. The summed E-state index contributed by atoms with van der Waals surface area (Å²) in [5, 5.41) is 0. The molecular formula is C5H8F3NO3. The van der Waals surface area contributed by atoms with Gasteiger partial charge in [-0.3, -0.25) is 9.63 Å². The highest BCUT2D eigenvalue weighted by molar-refractivity contribution is 5.69. The zero-order valence-electron chi connectivity index (χ0n) is 6.22. The number of alkyl halides is 3. The summed E-state index contributed by atoms with van der Waals surface area (Å²) in [6.45, 7) is 0. The number of esters is 1. The molecule has 12 heavy (non-hydrogen) atoms. The van der Waals surface area contributed by atoms with Crippen molar-refractivity contribution in [3.63, 3.8) is 0 Å². The van der Waals surface area contributed by atoms with Crippen molar-refractivity contribution in [1.29, 1.82) is 0 Å². The lowest BCUT2D eigenvalue weighted by molar-refractivity contribution is -0.225. The van der Waals surface area contributed by atoms with Crippen molar-refractivity contribution >= 4 is 5.97 Å². The van der Waals surface area contributed by atoms with Gasteiger partial charge in [0.05, 0.1) is 13.5 Å². The van der Waals surface area contributed by atoms with Crippen molar-refractivity contribution in [2.45, 2.75) is 18.7 Å². The smallest absolute Gasteiger partial charge is 0.417 e. The van der Waals surface area contributed by atoms with E-state index in [0.29, 0.717) is 0 Å². The summed E-state index contributed by atoms with van der Waals surface area (Å²) in [4.78, 5) is 13.9. The van der Waals surface area contributed by atoms with Crippen molar-refractivity contribution in [1.82, 2.24) is 0 Å². The molecule has 1 unspecified atom stereocenters. The molecule has 0 aliphatic rings. The van der Waals surface area contributed by atoms with E-state index in [1.165, 1.54) is 0 Å². The molecule has 72 valence electrons. The molecule has 0 aromatic heterocycles. The van der Waals surface area contributed by atoms with E-state index in [-0.39, 0.29) is 0 Å². The normalized spacial score (nSPS) is 14.1. The number of rotatable bonds is 3. The monoisotopic (exact) mass is 187 g/mol. The lowest BCUT2D eigenvalue weighted by Gasteiger charge is -2.15. The van der Waals surface area contributed by atoms with Crippen molar-refractivity contribution in [3.8, 4) is 0 Å². The molecule has 0 spiro atoms. The van der Waals surface area contributed by atoms with Crippen LogP contribution in [0.4, 0.5) is 13.2 Å². The predicted molar refractivity (Wildman–Crippen MR) is 31.7 cm³/mol. The molecule has 0 radical (unpaired) electrons. The summed E-state index contributed by atoms with van der Waals surface area (Å²) >= 11 is 0. The van der Waals surface area contributed by atoms with Crippen LogP contribution in [0.5, 0.6) is 0 Å². The molecule has 2 N–H and O–H groups in total. The SMILES string of the molecule is COC(=O)CC(ON)C(F)(F)F. The lowest BCUT2D eigenvalue weighted by Crippen LogP contribution is -2.36. The average Bonchev–Trinajstić information content (AvgIpc) is 1.97. The number of ether oxygens (including phenoxy) is 1. The second-order valence-electron chi connectivity index (χ2n) is 1.95. The van der Waals surface area contributed by atoms with Gasteiger partial charge in [-0.25, -0.2) is 5.90 Å². The fourth-order valence-electron chi connectivity index (χ4n) is 0.476. The molecule has 1 atom stereocenters. The molecule has 0 aliphatic heterocycles. The topological polar surface area (TPSA) is 61.5 Å². The van der Waals surface area contributed by atoms with E-state index in [1.807, 2.05) is 0 Å². The van der Waals surface area contributed by atoms with Crippen LogP contribution >= 0.6 is 0 Å². The van der Waals surface area contributed by atoms with Crippen molar-refractivity contribution in [2.24, 2.45) is 5.90 Å². The van der Waals surface area contributed by atoms with Gasteiger partial charge >= 0.3 is 12.1 Å². The van der Waals surface area contributed by atoms with Crippen LogP contribution in [0.1, 0.15) is 6.42 Å². The maximum Gasteiger partial charge on any atom is 0.417 e. The zero-order valence-corrected chi connectivity index (χ0v) is 6.22. The maximum atomic E-state index is 11.8. The first-order valence-electron chi connectivity index (χ1n) is 2.91. The van der Waals surface area contributed by atoms with Gasteiger partial charge in [-0.1, -0.05) is 0 Å². The molecule has 0 aromatic rings. The molecule has 4 nitrogen and oxygen atoms in total. The van der Waals surface area contributed by atoms with Gasteiger partial charge in [-0.05, 0) is 0 Å². The van der Waals surface area contributed by atoms with E-state index in [4.69, 9.17) is 0 Å². The first kappa shape index (κ1) is 11.2. The molecule has 0 amide bonds. The Labute approximate surface area is 66.4 Å². The van der Waals surface area contributed by atoms with E-state index in [2.05, 4.69) is 15.5 Å². The minimum atomic E-state index is -4.65. The van der Waals surface area contributed by atoms with Gasteiger partial charge in [0.25, 0.3) is 0 Å². The van der Waals surface area contributed by atoms with E-state index in [0.717, 1.165) is 7.11 Å². The lowest BCUT2D eigenvalue weighted by atomic mass is 10.2. The van der Waals surface area contributed by atoms with Crippen molar-refractivity contribution in [2.75, 3.05) is 7.11 Å². The van der Waals surface area contributed by atoms with Gasteiger partial charge in [-0.2, -0.15) is 13.2 Å². The highest BCUT2D eigenvalue weighted by atomic mass is 19.4. The van der Waals surface area contributed by atoms with Gasteiger partial charge < -0.3 is 4.74 Å². The van der Waals surface area contributed by atoms with E-state index in [1.54, 1.807) is 0 Å². The fourth-order valence-corrected chi connectivity index (χ4v) is 0.476. The minimum Gasteiger partial charge on any atom is -0.469 e. The molecule has 0 rings (SSSR count). The van der Waals surface area contributed by atoms with E-state index in [9.17, 15) is 18.0 Å². The van der Waals surface area contributed by atoms with Crippen LogP contribution in [0.25, 0.3) is 0 Å². The Morgan fingerprint density at radius 2 is 2.08 bits per heavy atom. The molecule has 0 heterocycles. The summed E-state index contributed by atoms with van der Waals surface area (Å²) < 4.78 is 39.4. The van der Waals surface area contributed by atoms with Crippen LogP contribution in [0, 0.1) is 0 Å². The standard InChI is InChI=1S/C5H8F3NO3/c1-11-4(10)2-3(12-9)5(6,7)8/h3H,2,9H2,1H3. The van der Waals surface area contributed by atoms with Crippen LogP contribution in [0.2, 0.25) is 0 Å². The number of hydrogen-bond donors (Lipinski definition) is 1. The zero-order chi connectivity index (χ0) is 9.78. The van der Waals surface area contributed by atoms with Gasteiger partial charge in [0.1, 0.15) is 0 Å². The second-order valence-corrected chi connectivity index (χ2v) is 1.95. The van der Waals surface area contributed by atoms with Crippen LogP contribution in [0.15, 0.2) is 0 Å². The van der Waals surface area contributed by atoms with Gasteiger partial charge in [0, 0.05) is 0 Å². The number of methoxy groups -OCH3 is 1. The summed E-state index contributed by atoms with van der Waals surface area (Å²) in [6.07, 6.45) is -7.88. The molecule has 0 aromatic carbocycles. The second kappa shape index (κ2) is 4.27. The average molecular weight is 187 g/mol. The van der Waals surface area contributed by atoms with Crippen LogP contribution in [-0.4, -0.2) is 25.4 Å². The highest BCUT2D eigenvalue weighted by Gasteiger charge is 2.42. The number of carbonyl (C=O) groups is 1. The third-order valence-electron chi connectivity index (χ3n) is 1.11. The first-order chi connectivity index (χ1) is 5.41. The molecule has 0 fully saturated rings. The van der Waals surface area contributed by atoms with Gasteiger partial charge in [-0.15, -0.1) is 0 Å². The Morgan fingerprint density at radius 3 is 2.33 bits per heavy atom. The highest BCUT2D eigenvalue weighted by Crippen LogP contribution is 2.24. The molecule has 0 saturated carbocycles. The Morgan fingerprint density at radius 1 is 1.58 bits per heavy atom. The Kier molecular flexibility index (Phi) is 3.98. The Bertz CT molecular complexity index is 159. The fraction of sp³-hybridized carbons (Fsp3) is 0.800. The third-order valence-corrected chi connectivity index (χ3v) is 1.11. The first-order valence-corrected chi connectivity index (χ1v) is 2.91. The van der Waals surface area contributed by atoms with Crippen LogP contribution < -0.4 is 5.90 Å². The summed E-state index contributed by atoms with van der Waals surface area (Å²) in [5.74, 6) is 3.31. The summed E-state index contributed by atoms with van der Waals surface area (Å²) in [7, 11) is 0.978. The quantitative estimate of drug-likeness (QED) is 0.512. The van der Waals surface area contributed by atoms with Crippen molar-refractivity contribution in [3.05, 3.63) is 0 Å². The van der Waals surface area contributed by atoms with Gasteiger partial charge in [0.15, 0.2) is 6.10 Å². The largest absolute Gasteiger partial charge is 0.469 e. The Hall–Kier alpha value is -0.820. The van der Waals surface area contributed by atoms with E-state index < -0.39 is 24.7 Å². The van der Waals surface area contributed by atoms with Crippen LogP contribution in [-0.2, 0) is 14.4 Å². The molecule has 7 heteroatoms. The predicted octanol–water partition coefficient (Wildman–Crippen LogP) is 0.371. The van der Waals surface area contributed by atoms with Crippen LogP contribution in [0.3, 0.4) is 0 Å².